The van der Waals surface area contributed by atoms with Gasteiger partial charge in [-0.3, -0.25) is 4.79 Å². The predicted octanol–water partition coefficient (Wildman–Crippen LogP) is 4.77. The Morgan fingerprint density at radius 1 is 1.21 bits per heavy atom. The molecule has 2 aliphatic heterocycles. The molecule has 2 aromatic carbocycles. The second-order valence-corrected chi connectivity index (χ2v) is 8.69. The van der Waals surface area contributed by atoms with Gasteiger partial charge < -0.3 is 19.5 Å². The van der Waals surface area contributed by atoms with Crippen LogP contribution in [0.1, 0.15) is 30.4 Å². The van der Waals surface area contributed by atoms with E-state index in [0.717, 1.165) is 43.0 Å². The normalized spacial score (nSPS) is 21.0. The van der Waals surface area contributed by atoms with Crippen LogP contribution < -0.4 is 9.47 Å². The molecule has 0 radical (unpaired) electrons. The zero-order chi connectivity index (χ0) is 20.4. The second-order valence-electron chi connectivity index (χ2n) is 7.82. The Bertz CT molecular complexity index is 899. The van der Waals surface area contributed by atoms with Crippen molar-refractivity contribution in [2.75, 3.05) is 26.2 Å². The van der Waals surface area contributed by atoms with E-state index in [1.54, 1.807) is 6.07 Å². The molecule has 4 rings (SSSR count). The minimum Gasteiger partial charge on any atom is -0.492 e. The van der Waals surface area contributed by atoms with Crippen LogP contribution in [0.3, 0.4) is 0 Å². The summed E-state index contributed by atoms with van der Waals surface area (Å²) in [5.41, 5.74) is 2.03. The summed E-state index contributed by atoms with van der Waals surface area (Å²) in [7, 11) is 0. The largest absolute Gasteiger partial charge is 0.492 e. The summed E-state index contributed by atoms with van der Waals surface area (Å²) in [6, 6.07) is 11.4. The van der Waals surface area contributed by atoms with E-state index in [0.29, 0.717) is 29.8 Å². The van der Waals surface area contributed by atoms with Gasteiger partial charge >= 0.3 is 5.97 Å². The molecular formula is C22H23Cl2NO4. The molecule has 1 saturated heterocycles. The van der Waals surface area contributed by atoms with Gasteiger partial charge in [0.2, 0.25) is 0 Å². The van der Waals surface area contributed by atoms with E-state index in [-0.39, 0.29) is 11.8 Å². The Kier molecular flexibility index (Phi) is 5.91. The first kappa shape index (κ1) is 20.3. The molecule has 0 aromatic heterocycles. The van der Waals surface area contributed by atoms with Crippen molar-refractivity contribution in [1.82, 2.24) is 4.90 Å². The van der Waals surface area contributed by atoms with Crippen molar-refractivity contribution in [1.29, 1.82) is 0 Å². The lowest BCUT2D eigenvalue weighted by Gasteiger charge is -2.39. The quantitative estimate of drug-likeness (QED) is 0.707. The molecule has 1 fully saturated rings. The maximum Gasteiger partial charge on any atom is 0.304 e. The summed E-state index contributed by atoms with van der Waals surface area (Å²) in [5, 5.41) is 10.1. The van der Waals surface area contributed by atoms with E-state index < -0.39 is 5.97 Å². The van der Waals surface area contributed by atoms with Gasteiger partial charge in [0, 0.05) is 40.2 Å². The molecule has 0 amide bonds. The number of aliphatic carboxylic acids is 1. The molecule has 29 heavy (non-hydrogen) atoms. The highest BCUT2D eigenvalue weighted by atomic mass is 35.5. The molecule has 154 valence electrons. The summed E-state index contributed by atoms with van der Waals surface area (Å²) in [6.07, 6.45) is 2.26. The fraction of sp³-hybridized carbons (Fsp3) is 0.409. The van der Waals surface area contributed by atoms with Crippen molar-refractivity contribution in [2.45, 2.75) is 31.3 Å². The number of carbonyl (C=O) groups is 1. The van der Waals surface area contributed by atoms with Crippen molar-refractivity contribution in [3.05, 3.63) is 57.6 Å². The lowest BCUT2D eigenvalue weighted by molar-refractivity contribution is -0.137. The van der Waals surface area contributed by atoms with Crippen LogP contribution in [0, 0.1) is 0 Å². The number of ether oxygens (including phenoxy) is 2. The molecular weight excluding hydrogens is 413 g/mol. The van der Waals surface area contributed by atoms with E-state index in [1.165, 1.54) is 5.56 Å². The van der Waals surface area contributed by atoms with Gasteiger partial charge in [-0.15, -0.1) is 0 Å². The standard InChI is InChI=1S/C22H23Cl2NO4/c23-16-8-15(9-17(24)10-16)12-28-18-2-3-19-20(11-18)29-14-22(19)5-1-6-25(13-22)7-4-21(26)27/h2-3,8-11H,1,4-7,12-14H2,(H,26,27). The van der Waals surface area contributed by atoms with Crippen molar-refractivity contribution in [3.63, 3.8) is 0 Å². The molecule has 0 aliphatic carbocycles. The smallest absolute Gasteiger partial charge is 0.304 e. The minimum absolute atomic E-state index is 0.0644. The van der Waals surface area contributed by atoms with Crippen LogP contribution in [-0.4, -0.2) is 42.2 Å². The van der Waals surface area contributed by atoms with Crippen molar-refractivity contribution < 1.29 is 19.4 Å². The Labute approximate surface area is 180 Å². The molecule has 2 aliphatic rings. The van der Waals surface area contributed by atoms with Crippen molar-refractivity contribution >= 4 is 29.2 Å². The number of fused-ring (bicyclic) bond motifs is 2. The summed E-state index contributed by atoms with van der Waals surface area (Å²) >= 11 is 12.1. The zero-order valence-corrected chi connectivity index (χ0v) is 17.5. The number of hydrogen-bond donors (Lipinski definition) is 1. The minimum atomic E-state index is -0.754. The fourth-order valence-corrected chi connectivity index (χ4v) is 4.89. The van der Waals surface area contributed by atoms with Crippen molar-refractivity contribution in [3.8, 4) is 11.5 Å². The van der Waals surface area contributed by atoms with E-state index >= 15 is 0 Å². The van der Waals surface area contributed by atoms with E-state index in [2.05, 4.69) is 11.0 Å². The predicted molar refractivity (Wildman–Crippen MR) is 112 cm³/mol. The topological polar surface area (TPSA) is 59.0 Å². The molecule has 2 heterocycles. The molecule has 1 spiro atoms. The third-order valence-electron chi connectivity index (χ3n) is 5.65. The van der Waals surface area contributed by atoms with Gasteiger partial charge in [-0.25, -0.2) is 0 Å². The van der Waals surface area contributed by atoms with E-state index in [9.17, 15) is 4.79 Å². The van der Waals surface area contributed by atoms with Crippen LogP contribution >= 0.6 is 23.2 Å². The highest BCUT2D eigenvalue weighted by molar-refractivity contribution is 6.34. The number of hydrogen-bond acceptors (Lipinski definition) is 4. The molecule has 1 unspecified atom stereocenters. The Morgan fingerprint density at radius 2 is 2.00 bits per heavy atom. The monoisotopic (exact) mass is 435 g/mol. The highest BCUT2D eigenvalue weighted by Gasteiger charge is 2.43. The maximum atomic E-state index is 10.9. The Balaban J connectivity index is 1.45. The lowest BCUT2D eigenvalue weighted by Crippen LogP contribution is -2.47. The number of carboxylic acid groups (broad SMARTS) is 1. The summed E-state index contributed by atoms with van der Waals surface area (Å²) < 4.78 is 11.9. The number of nitrogens with zero attached hydrogens (tertiary/aromatic N) is 1. The first-order valence-corrected chi connectivity index (χ1v) is 10.5. The first-order valence-electron chi connectivity index (χ1n) is 9.73. The number of rotatable bonds is 6. The van der Waals surface area contributed by atoms with Gasteiger partial charge in [-0.05, 0) is 49.2 Å². The Morgan fingerprint density at radius 3 is 2.76 bits per heavy atom. The molecule has 0 bridgehead atoms. The highest BCUT2D eigenvalue weighted by Crippen LogP contribution is 2.45. The molecule has 0 saturated carbocycles. The van der Waals surface area contributed by atoms with Crippen LogP contribution in [0.4, 0.5) is 0 Å². The average molecular weight is 436 g/mol. The van der Waals surface area contributed by atoms with Crippen LogP contribution in [0.5, 0.6) is 11.5 Å². The number of benzene rings is 2. The lowest BCUT2D eigenvalue weighted by atomic mass is 9.75. The van der Waals surface area contributed by atoms with Gasteiger partial charge in [-0.1, -0.05) is 29.3 Å². The number of piperidine rings is 1. The molecule has 5 nitrogen and oxygen atoms in total. The SMILES string of the molecule is O=C(O)CCN1CCCC2(COc3cc(OCc4cc(Cl)cc(Cl)c4)ccc32)C1. The fourth-order valence-electron chi connectivity index (χ4n) is 4.31. The number of likely N-dealkylation sites (tertiary alicyclic amines) is 1. The van der Waals surface area contributed by atoms with Crippen LogP contribution in [0.15, 0.2) is 36.4 Å². The maximum absolute atomic E-state index is 10.9. The van der Waals surface area contributed by atoms with Gasteiger partial charge in [-0.2, -0.15) is 0 Å². The molecule has 1 N–H and O–H groups in total. The first-order chi connectivity index (χ1) is 13.9. The zero-order valence-electron chi connectivity index (χ0n) is 16.0. The van der Waals surface area contributed by atoms with E-state index in [4.69, 9.17) is 37.8 Å². The molecule has 7 heteroatoms. The second kappa shape index (κ2) is 8.42. The van der Waals surface area contributed by atoms with Crippen LogP contribution in [0.25, 0.3) is 0 Å². The third-order valence-corrected chi connectivity index (χ3v) is 6.09. The number of carboxylic acids is 1. The Hall–Kier alpha value is -1.95. The average Bonchev–Trinajstić information content (AvgIpc) is 3.01. The summed E-state index contributed by atoms with van der Waals surface area (Å²) in [5.74, 6) is 0.831. The molecule has 1 atom stereocenters. The van der Waals surface area contributed by atoms with Gasteiger partial charge in [0.1, 0.15) is 18.1 Å². The van der Waals surface area contributed by atoms with Crippen molar-refractivity contribution in [2.24, 2.45) is 0 Å². The van der Waals surface area contributed by atoms with E-state index in [1.807, 2.05) is 24.3 Å². The van der Waals surface area contributed by atoms with Gasteiger partial charge in [0.25, 0.3) is 0 Å². The van der Waals surface area contributed by atoms with Crippen LogP contribution in [-0.2, 0) is 16.8 Å². The third kappa shape index (κ3) is 4.63. The van der Waals surface area contributed by atoms with Gasteiger partial charge in [0.05, 0.1) is 13.0 Å². The number of halogens is 2. The summed E-state index contributed by atoms with van der Waals surface area (Å²) in [4.78, 5) is 13.2. The van der Waals surface area contributed by atoms with Crippen LogP contribution in [0.2, 0.25) is 10.0 Å². The summed E-state index contributed by atoms with van der Waals surface area (Å²) in [6.45, 7) is 3.34. The van der Waals surface area contributed by atoms with Gasteiger partial charge in [0.15, 0.2) is 0 Å². The molecule has 2 aromatic rings.